The minimum Gasteiger partial charge on any atom is -0.351 e. The molecule has 9 heteroatoms. The molecule has 1 aromatic heterocycles. The number of amides is 1. The second-order valence-electron chi connectivity index (χ2n) is 5.46. The number of aromatic nitrogens is 1. The fourth-order valence-electron chi connectivity index (χ4n) is 2.21. The Labute approximate surface area is 156 Å². The summed E-state index contributed by atoms with van der Waals surface area (Å²) in [5.41, 5.74) is 0.793. The van der Waals surface area contributed by atoms with Gasteiger partial charge in [0.15, 0.2) is 0 Å². The van der Waals surface area contributed by atoms with Crippen LogP contribution in [0.2, 0.25) is 0 Å². The van der Waals surface area contributed by atoms with Crippen molar-refractivity contribution < 1.29 is 17.6 Å². The van der Waals surface area contributed by atoms with Gasteiger partial charge in [-0.25, -0.2) is 12.8 Å². The molecule has 1 atom stereocenters. The summed E-state index contributed by atoms with van der Waals surface area (Å²) in [5.74, 6) is -0.757. The van der Waals surface area contributed by atoms with E-state index in [1.165, 1.54) is 23.9 Å². The second-order valence-corrected chi connectivity index (χ2v) is 8.13. The zero-order valence-corrected chi connectivity index (χ0v) is 15.8. The summed E-state index contributed by atoms with van der Waals surface area (Å²) in [6, 6.07) is 7.60. The van der Waals surface area contributed by atoms with Crippen LogP contribution >= 0.6 is 11.8 Å². The molecular weight excluding hydrogens is 377 g/mol. The van der Waals surface area contributed by atoms with Gasteiger partial charge in [-0.05, 0) is 42.2 Å². The van der Waals surface area contributed by atoms with Gasteiger partial charge in [0.2, 0.25) is 15.9 Å². The normalized spacial score (nSPS) is 12.5. The van der Waals surface area contributed by atoms with Gasteiger partial charge < -0.3 is 5.32 Å². The highest BCUT2D eigenvalue weighted by molar-refractivity contribution is 7.98. The Kier molecular flexibility index (Phi) is 7.55. The SMILES string of the molecule is CSCC[C@@H](NS(=O)(=O)c1ccccc1F)C(=O)NCc1cccnc1. The van der Waals surface area contributed by atoms with E-state index in [1.807, 2.05) is 6.26 Å². The van der Waals surface area contributed by atoms with E-state index < -0.39 is 32.7 Å². The molecular formula is C17H20FN3O3S2. The number of thioether (sulfide) groups is 1. The van der Waals surface area contributed by atoms with Crippen LogP contribution in [0, 0.1) is 5.82 Å². The van der Waals surface area contributed by atoms with Crippen molar-refractivity contribution in [3.05, 3.63) is 60.2 Å². The van der Waals surface area contributed by atoms with Crippen LogP contribution in [0.15, 0.2) is 53.7 Å². The van der Waals surface area contributed by atoms with Crippen LogP contribution in [-0.2, 0) is 21.4 Å². The number of hydrogen-bond acceptors (Lipinski definition) is 5. The first-order valence-corrected chi connectivity index (χ1v) is 10.7. The summed E-state index contributed by atoms with van der Waals surface area (Å²) < 4.78 is 41.1. The Morgan fingerprint density at radius 3 is 2.69 bits per heavy atom. The maximum absolute atomic E-state index is 13.8. The molecule has 0 bridgehead atoms. The molecule has 1 amide bonds. The fraction of sp³-hybridized carbons (Fsp3) is 0.294. The van der Waals surface area contributed by atoms with Gasteiger partial charge in [0.1, 0.15) is 16.8 Å². The molecule has 2 N–H and O–H groups in total. The molecule has 0 fully saturated rings. The number of rotatable bonds is 9. The molecule has 2 aromatic rings. The molecule has 1 aromatic carbocycles. The highest BCUT2D eigenvalue weighted by Crippen LogP contribution is 2.15. The maximum Gasteiger partial charge on any atom is 0.244 e. The Morgan fingerprint density at radius 2 is 2.04 bits per heavy atom. The number of carbonyl (C=O) groups is 1. The van der Waals surface area contributed by atoms with Crippen molar-refractivity contribution in [3.63, 3.8) is 0 Å². The average molecular weight is 397 g/mol. The molecule has 2 rings (SSSR count). The van der Waals surface area contributed by atoms with E-state index in [0.29, 0.717) is 5.75 Å². The largest absolute Gasteiger partial charge is 0.351 e. The second kappa shape index (κ2) is 9.65. The first-order valence-electron chi connectivity index (χ1n) is 7.86. The number of sulfonamides is 1. The highest BCUT2D eigenvalue weighted by atomic mass is 32.2. The minimum absolute atomic E-state index is 0.226. The van der Waals surface area contributed by atoms with Crippen LogP contribution in [0.25, 0.3) is 0 Å². The number of nitrogens with zero attached hydrogens (tertiary/aromatic N) is 1. The zero-order valence-electron chi connectivity index (χ0n) is 14.2. The van der Waals surface area contributed by atoms with Gasteiger partial charge in [0, 0.05) is 18.9 Å². The Balaban J connectivity index is 2.10. The first kappa shape index (κ1) is 20.3. The summed E-state index contributed by atoms with van der Waals surface area (Å²) in [6.07, 6.45) is 5.37. The molecule has 0 saturated heterocycles. The zero-order chi connectivity index (χ0) is 19.0. The van der Waals surface area contributed by atoms with Crippen LogP contribution < -0.4 is 10.0 Å². The van der Waals surface area contributed by atoms with E-state index in [0.717, 1.165) is 17.7 Å². The standard InChI is InChI=1S/C17H20FN3O3S2/c1-25-10-8-15(17(22)20-12-13-5-4-9-19-11-13)21-26(23,24)16-7-3-2-6-14(16)18/h2-7,9,11,15,21H,8,10,12H2,1H3,(H,20,22)/t15-/m1/s1. The molecule has 0 radical (unpaired) electrons. The topological polar surface area (TPSA) is 88.2 Å². The van der Waals surface area contributed by atoms with E-state index in [4.69, 9.17) is 0 Å². The van der Waals surface area contributed by atoms with Crippen molar-refractivity contribution in [2.24, 2.45) is 0 Å². The third-order valence-corrected chi connectivity index (χ3v) is 5.69. The van der Waals surface area contributed by atoms with Crippen molar-refractivity contribution in [3.8, 4) is 0 Å². The van der Waals surface area contributed by atoms with Crippen LogP contribution in [0.3, 0.4) is 0 Å². The molecule has 6 nitrogen and oxygen atoms in total. The molecule has 1 heterocycles. The fourth-order valence-corrected chi connectivity index (χ4v) is 3.99. The van der Waals surface area contributed by atoms with Crippen LogP contribution in [0.1, 0.15) is 12.0 Å². The highest BCUT2D eigenvalue weighted by Gasteiger charge is 2.27. The smallest absolute Gasteiger partial charge is 0.244 e. The summed E-state index contributed by atoms with van der Waals surface area (Å²) in [5, 5.41) is 2.69. The molecule has 0 saturated carbocycles. The number of hydrogen-bond donors (Lipinski definition) is 2. The van der Waals surface area contributed by atoms with E-state index in [2.05, 4.69) is 15.0 Å². The third-order valence-electron chi connectivity index (χ3n) is 3.54. The Bertz CT molecular complexity index is 832. The van der Waals surface area contributed by atoms with Crippen molar-refractivity contribution in [2.75, 3.05) is 12.0 Å². The van der Waals surface area contributed by atoms with Crippen molar-refractivity contribution in [1.29, 1.82) is 0 Å². The number of benzene rings is 1. The van der Waals surface area contributed by atoms with E-state index in [9.17, 15) is 17.6 Å². The van der Waals surface area contributed by atoms with Crippen molar-refractivity contribution in [1.82, 2.24) is 15.0 Å². The van der Waals surface area contributed by atoms with Gasteiger partial charge in [-0.2, -0.15) is 16.5 Å². The van der Waals surface area contributed by atoms with Gasteiger partial charge in [-0.1, -0.05) is 18.2 Å². The summed E-state index contributed by atoms with van der Waals surface area (Å²) >= 11 is 1.49. The molecule has 0 unspecified atom stereocenters. The number of nitrogens with one attached hydrogen (secondary N) is 2. The predicted octanol–water partition coefficient (Wildman–Crippen LogP) is 1.94. The molecule has 140 valence electrons. The van der Waals surface area contributed by atoms with Crippen LogP contribution in [-0.4, -0.2) is 37.4 Å². The van der Waals surface area contributed by atoms with E-state index in [1.54, 1.807) is 24.5 Å². The molecule has 0 aliphatic rings. The van der Waals surface area contributed by atoms with E-state index >= 15 is 0 Å². The first-order chi connectivity index (χ1) is 12.4. The lowest BCUT2D eigenvalue weighted by Crippen LogP contribution is -2.46. The van der Waals surface area contributed by atoms with Crippen molar-refractivity contribution in [2.45, 2.75) is 23.9 Å². The quantitative estimate of drug-likeness (QED) is 0.675. The third kappa shape index (κ3) is 5.79. The van der Waals surface area contributed by atoms with Crippen molar-refractivity contribution >= 4 is 27.7 Å². The molecule has 0 spiro atoms. The summed E-state index contributed by atoms with van der Waals surface area (Å²) in [6.45, 7) is 0.226. The van der Waals surface area contributed by atoms with Gasteiger partial charge in [0.05, 0.1) is 0 Å². The predicted molar refractivity (Wildman–Crippen MR) is 99.6 cm³/mol. The summed E-state index contributed by atoms with van der Waals surface area (Å²) in [7, 11) is -4.16. The molecule has 26 heavy (non-hydrogen) atoms. The molecule has 0 aliphatic carbocycles. The minimum atomic E-state index is -4.16. The lowest BCUT2D eigenvalue weighted by molar-refractivity contribution is -0.122. The Morgan fingerprint density at radius 1 is 1.27 bits per heavy atom. The molecule has 0 aliphatic heterocycles. The van der Waals surface area contributed by atoms with Gasteiger partial charge >= 0.3 is 0 Å². The van der Waals surface area contributed by atoms with Gasteiger partial charge in [0.25, 0.3) is 0 Å². The lowest BCUT2D eigenvalue weighted by Gasteiger charge is -2.18. The number of halogens is 1. The van der Waals surface area contributed by atoms with E-state index in [-0.39, 0.29) is 13.0 Å². The number of pyridine rings is 1. The monoisotopic (exact) mass is 397 g/mol. The van der Waals surface area contributed by atoms with Gasteiger partial charge in [-0.3, -0.25) is 9.78 Å². The lowest BCUT2D eigenvalue weighted by atomic mass is 10.2. The number of carbonyl (C=O) groups excluding carboxylic acids is 1. The van der Waals surface area contributed by atoms with Crippen LogP contribution in [0.5, 0.6) is 0 Å². The van der Waals surface area contributed by atoms with Gasteiger partial charge in [-0.15, -0.1) is 0 Å². The maximum atomic E-state index is 13.8. The summed E-state index contributed by atoms with van der Waals surface area (Å²) in [4.78, 5) is 15.9. The van der Waals surface area contributed by atoms with Crippen LogP contribution in [0.4, 0.5) is 4.39 Å². The Hall–Kier alpha value is -1.97. The average Bonchev–Trinajstić information content (AvgIpc) is 2.64.